The molecule has 156 valence electrons. The fourth-order valence-electron chi connectivity index (χ4n) is 3.50. The molecule has 0 saturated carbocycles. The van der Waals surface area contributed by atoms with Crippen LogP contribution in [0, 0.1) is 11.7 Å². The molecule has 5 nitrogen and oxygen atoms in total. The van der Waals surface area contributed by atoms with Crippen LogP contribution in [0.1, 0.15) is 36.9 Å². The zero-order valence-electron chi connectivity index (χ0n) is 16.1. The van der Waals surface area contributed by atoms with E-state index in [2.05, 4.69) is 5.32 Å². The van der Waals surface area contributed by atoms with E-state index in [4.69, 9.17) is 11.6 Å². The smallest absolute Gasteiger partial charge is 0.224 e. The predicted molar refractivity (Wildman–Crippen MR) is 111 cm³/mol. The van der Waals surface area contributed by atoms with Crippen molar-refractivity contribution in [3.05, 3.63) is 70.5 Å². The van der Waals surface area contributed by atoms with Gasteiger partial charge >= 0.3 is 0 Å². The van der Waals surface area contributed by atoms with Gasteiger partial charge in [0.1, 0.15) is 5.82 Å². The second kappa shape index (κ2) is 9.24. The monoisotopic (exact) mass is 438 g/mol. The van der Waals surface area contributed by atoms with Gasteiger partial charge in [0.15, 0.2) is 0 Å². The van der Waals surface area contributed by atoms with Crippen LogP contribution < -0.4 is 5.32 Å². The molecule has 2 aromatic rings. The lowest BCUT2D eigenvalue weighted by molar-refractivity contribution is -0.126. The van der Waals surface area contributed by atoms with Gasteiger partial charge in [-0.25, -0.2) is 17.1 Å². The molecule has 0 aromatic heterocycles. The second-order valence-electron chi connectivity index (χ2n) is 7.37. The number of nitrogens with one attached hydrogen (secondary N) is 1. The van der Waals surface area contributed by atoms with Gasteiger partial charge in [0.25, 0.3) is 0 Å². The van der Waals surface area contributed by atoms with Gasteiger partial charge in [0.2, 0.25) is 15.9 Å². The minimum atomic E-state index is -3.55. The van der Waals surface area contributed by atoms with E-state index >= 15 is 0 Å². The lowest BCUT2D eigenvalue weighted by Gasteiger charge is -2.32. The molecule has 8 heteroatoms. The molecule has 1 fully saturated rings. The van der Waals surface area contributed by atoms with Crippen molar-refractivity contribution in [2.75, 3.05) is 13.1 Å². The summed E-state index contributed by atoms with van der Waals surface area (Å²) in [5, 5.41) is 3.40. The van der Waals surface area contributed by atoms with Crippen molar-refractivity contribution in [2.24, 2.45) is 5.92 Å². The molecule has 3 rings (SSSR count). The Morgan fingerprint density at radius 3 is 2.69 bits per heavy atom. The molecule has 0 aliphatic carbocycles. The third-order valence-corrected chi connectivity index (χ3v) is 7.17. The van der Waals surface area contributed by atoms with Gasteiger partial charge < -0.3 is 5.32 Å². The summed E-state index contributed by atoms with van der Waals surface area (Å²) in [6, 6.07) is 12.4. The zero-order chi connectivity index (χ0) is 21.0. The van der Waals surface area contributed by atoms with Crippen LogP contribution in [-0.4, -0.2) is 31.7 Å². The Labute approximate surface area is 175 Å². The van der Waals surface area contributed by atoms with E-state index in [1.165, 1.54) is 16.4 Å². The molecule has 1 saturated heterocycles. The minimum Gasteiger partial charge on any atom is -0.349 e. The number of hydrogen-bond acceptors (Lipinski definition) is 3. The molecule has 29 heavy (non-hydrogen) atoms. The molecule has 1 N–H and O–H groups in total. The number of amides is 1. The average Bonchev–Trinajstić information content (AvgIpc) is 2.68. The molecule has 2 aromatic carbocycles. The maximum atomic E-state index is 13.1. The van der Waals surface area contributed by atoms with Crippen molar-refractivity contribution in [3.8, 4) is 0 Å². The van der Waals surface area contributed by atoms with Crippen LogP contribution in [0.4, 0.5) is 4.39 Å². The second-order valence-corrected chi connectivity index (χ2v) is 9.77. The summed E-state index contributed by atoms with van der Waals surface area (Å²) in [4.78, 5) is 12.7. The Kier molecular flexibility index (Phi) is 6.93. The zero-order valence-corrected chi connectivity index (χ0v) is 17.7. The van der Waals surface area contributed by atoms with Gasteiger partial charge in [-0.3, -0.25) is 4.79 Å². The van der Waals surface area contributed by atoms with E-state index in [1.807, 2.05) is 6.92 Å². The highest BCUT2D eigenvalue weighted by Crippen LogP contribution is 2.23. The Morgan fingerprint density at radius 2 is 2.00 bits per heavy atom. The molecule has 0 unspecified atom stereocenters. The predicted octanol–water partition coefficient (Wildman–Crippen LogP) is 3.90. The quantitative estimate of drug-likeness (QED) is 0.743. The van der Waals surface area contributed by atoms with Gasteiger partial charge in [-0.1, -0.05) is 35.9 Å². The molecule has 1 aliphatic rings. The normalized spacial score (nSPS) is 18.9. The highest BCUT2D eigenvalue weighted by Gasteiger charge is 2.32. The Bertz CT molecular complexity index is 966. The molecule has 1 amide bonds. The van der Waals surface area contributed by atoms with Crippen LogP contribution in [0.3, 0.4) is 0 Å². The summed E-state index contributed by atoms with van der Waals surface area (Å²) in [6.45, 7) is 2.38. The standard InChI is InChI=1S/C21H24ClFN2O3S/c1-15(17-7-9-20(23)10-8-17)24-21(26)18-5-3-11-25(13-18)29(27,28)14-16-4-2-6-19(22)12-16/h2,4,6-10,12,15,18H,3,5,11,13-14H2,1H3,(H,24,26)/t15-,18+/m1/s1. The molecule has 0 bridgehead atoms. The molecule has 1 aliphatic heterocycles. The third kappa shape index (κ3) is 5.78. The minimum absolute atomic E-state index is 0.145. The van der Waals surface area contributed by atoms with Crippen molar-refractivity contribution in [1.29, 1.82) is 0 Å². The number of piperidine rings is 1. The van der Waals surface area contributed by atoms with Crippen LogP contribution in [0.5, 0.6) is 0 Å². The summed E-state index contributed by atoms with van der Waals surface area (Å²) in [5.41, 5.74) is 1.41. The van der Waals surface area contributed by atoms with Crippen LogP contribution in [0.25, 0.3) is 0 Å². The fourth-order valence-corrected chi connectivity index (χ4v) is 5.31. The molecule has 0 radical (unpaired) electrons. The van der Waals surface area contributed by atoms with Gasteiger partial charge in [0, 0.05) is 18.1 Å². The van der Waals surface area contributed by atoms with E-state index in [0.717, 1.165) is 5.56 Å². The summed E-state index contributed by atoms with van der Waals surface area (Å²) in [7, 11) is -3.55. The van der Waals surface area contributed by atoms with Crippen molar-refractivity contribution >= 4 is 27.5 Å². The van der Waals surface area contributed by atoms with E-state index in [9.17, 15) is 17.6 Å². The van der Waals surface area contributed by atoms with E-state index in [1.54, 1.807) is 36.4 Å². The number of carbonyl (C=O) groups is 1. The van der Waals surface area contributed by atoms with Crippen molar-refractivity contribution in [1.82, 2.24) is 9.62 Å². The van der Waals surface area contributed by atoms with Crippen molar-refractivity contribution in [3.63, 3.8) is 0 Å². The molecule has 2 atom stereocenters. The molecule has 0 spiro atoms. The van der Waals surface area contributed by atoms with E-state index < -0.39 is 15.9 Å². The summed E-state index contributed by atoms with van der Waals surface area (Å²) in [6.07, 6.45) is 1.25. The topological polar surface area (TPSA) is 66.5 Å². The third-order valence-electron chi connectivity index (χ3n) is 5.12. The summed E-state index contributed by atoms with van der Waals surface area (Å²) >= 11 is 5.95. The lowest BCUT2D eigenvalue weighted by atomic mass is 9.98. The SMILES string of the molecule is C[C@@H](NC(=O)[C@H]1CCCN(S(=O)(=O)Cc2cccc(Cl)c2)C1)c1ccc(F)cc1. The molecular weight excluding hydrogens is 415 g/mol. The number of hydrogen-bond donors (Lipinski definition) is 1. The number of rotatable bonds is 6. The van der Waals surface area contributed by atoms with Crippen molar-refractivity contribution in [2.45, 2.75) is 31.6 Å². The van der Waals surface area contributed by atoms with E-state index in [-0.39, 0.29) is 30.1 Å². The number of benzene rings is 2. The van der Waals surface area contributed by atoms with Crippen LogP contribution >= 0.6 is 11.6 Å². The first-order chi connectivity index (χ1) is 13.7. The van der Waals surface area contributed by atoms with Crippen LogP contribution in [0.2, 0.25) is 5.02 Å². The average molecular weight is 439 g/mol. The highest BCUT2D eigenvalue weighted by atomic mass is 35.5. The van der Waals surface area contributed by atoms with Crippen molar-refractivity contribution < 1.29 is 17.6 Å². The number of sulfonamides is 1. The first kappa shape index (κ1) is 21.7. The maximum Gasteiger partial charge on any atom is 0.224 e. The summed E-state index contributed by atoms with van der Waals surface area (Å²) in [5.74, 6) is -1.08. The Hall–Kier alpha value is -1.96. The first-order valence-electron chi connectivity index (χ1n) is 9.53. The number of nitrogens with zero attached hydrogens (tertiary/aromatic N) is 1. The van der Waals surface area contributed by atoms with Crippen LogP contribution in [0.15, 0.2) is 48.5 Å². The largest absolute Gasteiger partial charge is 0.349 e. The van der Waals surface area contributed by atoms with Gasteiger partial charge in [-0.05, 0) is 55.2 Å². The van der Waals surface area contributed by atoms with Gasteiger partial charge in [0.05, 0.1) is 17.7 Å². The lowest BCUT2D eigenvalue weighted by Crippen LogP contribution is -2.46. The first-order valence-corrected chi connectivity index (χ1v) is 11.5. The van der Waals surface area contributed by atoms with E-state index in [0.29, 0.717) is 30.0 Å². The Morgan fingerprint density at radius 1 is 1.28 bits per heavy atom. The van der Waals surface area contributed by atoms with Crippen LogP contribution in [-0.2, 0) is 20.6 Å². The molecule has 1 heterocycles. The van der Waals surface area contributed by atoms with Gasteiger partial charge in [-0.2, -0.15) is 0 Å². The highest BCUT2D eigenvalue weighted by molar-refractivity contribution is 7.88. The number of carbonyl (C=O) groups excluding carboxylic acids is 1. The summed E-state index contributed by atoms with van der Waals surface area (Å²) < 4.78 is 40.1. The van der Waals surface area contributed by atoms with Gasteiger partial charge in [-0.15, -0.1) is 0 Å². The Balaban J connectivity index is 1.63. The maximum absolute atomic E-state index is 13.1. The fraction of sp³-hybridized carbons (Fsp3) is 0.381. The molecular formula is C21H24ClFN2O3S. The number of halogens is 2.